The molecule has 0 aromatic carbocycles. The summed E-state index contributed by atoms with van der Waals surface area (Å²) in [4.78, 5) is 56.7. The maximum atomic E-state index is 13.5. The fourth-order valence-electron chi connectivity index (χ4n) is 7.39. The maximum Gasteiger partial charge on any atom is 0.340 e. The number of carbonyl (C=O) groups is 3. The summed E-state index contributed by atoms with van der Waals surface area (Å²) in [6, 6.07) is 4.09. The van der Waals surface area contributed by atoms with Crippen LogP contribution in [0.25, 0.3) is 33.2 Å². The molecule has 11 heteroatoms. The van der Waals surface area contributed by atoms with Crippen molar-refractivity contribution in [1.82, 2.24) is 19.9 Å². The number of methoxy groups -OCH3 is 3. The number of ether oxygens (including phenoxy) is 3. The van der Waals surface area contributed by atoms with Gasteiger partial charge in [0.05, 0.1) is 50.4 Å². The highest BCUT2D eigenvalue weighted by Gasteiger charge is 2.36. The first-order valence-electron chi connectivity index (χ1n) is 16.6. The van der Waals surface area contributed by atoms with Gasteiger partial charge in [0.2, 0.25) is 0 Å². The number of aromatic nitrogens is 4. The van der Waals surface area contributed by atoms with Crippen LogP contribution < -0.4 is 0 Å². The van der Waals surface area contributed by atoms with Crippen molar-refractivity contribution >= 4 is 62.7 Å². The number of esters is 3. The molecule has 0 aliphatic carbocycles. The van der Waals surface area contributed by atoms with Gasteiger partial charge >= 0.3 is 17.9 Å². The molecule has 2 N–H and O–H groups in total. The molecule has 8 bridgehead atoms. The second kappa shape index (κ2) is 14.6. The average molecular weight is 689 g/mol. The van der Waals surface area contributed by atoms with Crippen molar-refractivity contribution < 1.29 is 28.6 Å². The molecule has 2 aliphatic heterocycles. The smallest absolute Gasteiger partial charge is 0.340 e. The van der Waals surface area contributed by atoms with Gasteiger partial charge in [-0.25, -0.2) is 9.78 Å². The van der Waals surface area contributed by atoms with Crippen LogP contribution in [0.4, 0.5) is 0 Å². The molecule has 0 fully saturated rings. The molecule has 0 spiro atoms. The number of alkyl halides is 1. The van der Waals surface area contributed by atoms with E-state index in [4.69, 9.17) is 35.8 Å². The third-order valence-electron chi connectivity index (χ3n) is 10.2. The number of hydrogen-bond acceptors (Lipinski definition) is 8. The molecular formula is C38H45ClN4O6. The lowest BCUT2D eigenvalue weighted by atomic mass is 9.83. The molecular weight excluding hydrogens is 644 g/mol. The molecule has 3 aromatic rings. The van der Waals surface area contributed by atoms with Gasteiger partial charge < -0.3 is 24.2 Å². The summed E-state index contributed by atoms with van der Waals surface area (Å²) in [6.45, 7) is 12.2. The molecule has 260 valence electrons. The highest BCUT2D eigenvalue weighted by atomic mass is 35.5. The molecule has 2 atom stereocenters. The Hall–Kier alpha value is -4.44. The Bertz CT molecular complexity index is 2040. The molecule has 5 rings (SSSR count). The van der Waals surface area contributed by atoms with Crippen LogP contribution >= 0.6 is 11.6 Å². The number of fused-ring (bicyclic) bond motifs is 8. The number of carbonyl (C=O) groups excluding carboxylic acids is 3. The van der Waals surface area contributed by atoms with Gasteiger partial charge in [-0.15, -0.1) is 11.6 Å². The zero-order valence-corrected chi connectivity index (χ0v) is 30.5. The first kappa shape index (κ1) is 35.9. The molecule has 2 aliphatic rings. The van der Waals surface area contributed by atoms with Crippen LogP contribution in [-0.4, -0.2) is 65.1 Å². The van der Waals surface area contributed by atoms with E-state index in [1.54, 1.807) is 0 Å². The minimum absolute atomic E-state index is 0.146. The molecule has 0 saturated carbocycles. The second-order valence-corrected chi connectivity index (χ2v) is 13.1. The van der Waals surface area contributed by atoms with E-state index in [9.17, 15) is 14.4 Å². The van der Waals surface area contributed by atoms with E-state index in [0.29, 0.717) is 46.9 Å². The number of aryl methyl sites for hydroxylation is 5. The van der Waals surface area contributed by atoms with Crippen LogP contribution in [-0.2, 0) is 47.9 Å². The summed E-state index contributed by atoms with van der Waals surface area (Å²) in [5.74, 6) is -1.41. The molecule has 5 heterocycles. The summed E-state index contributed by atoms with van der Waals surface area (Å²) < 4.78 is 15.4. The first-order valence-corrected chi connectivity index (χ1v) is 17.2. The standard InChI is InChI=1S/C38H45ClN4O6/c1-10-23-18(2)27-16-30-24(13-14-39)19(3)34(42-30)22(6)35-20(4)25(11-12-31(44)47-7)36(43-35)26(15-32(45)48-8)37-33(38(46)49-9)21(5)28(41-37)17-29(23)40-27/h16-17,20,25,40,42H,10-15H2,1-9H3/t20-,25-/m0/s1. The van der Waals surface area contributed by atoms with Gasteiger partial charge in [0.1, 0.15) is 0 Å². The Morgan fingerprint density at radius 2 is 1.51 bits per heavy atom. The zero-order valence-electron chi connectivity index (χ0n) is 29.8. The number of rotatable bonds is 9. The molecule has 49 heavy (non-hydrogen) atoms. The molecule has 10 nitrogen and oxygen atoms in total. The highest BCUT2D eigenvalue weighted by Crippen LogP contribution is 2.45. The minimum atomic E-state index is -0.571. The topological polar surface area (TPSA) is 136 Å². The lowest BCUT2D eigenvalue weighted by Crippen LogP contribution is -2.15. The van der Waals surface area contributed by atoms with E-state index >= 15 is 0 Å². The number of hydrogen-bond donors (Lipinski definition) is 2. The van der Waals surface area contributed by atoms with Crippen LogP contribution in [0.15, 0.2) is 12.1 Å². The monoisotopic (exact) mass is 688 g/mol. The molecule has 0 amide bonds. The Labute approximate surface area is 291 Å². The molecule has 0 unspecified atom stereocenters. The summed E-state index contributed by atoms with van der Waals surface area (Å²) in [7, 11) is 4.01. The number of nitrogens with one attached hydrogen (secondary N) is 2. The quantitative estimate of drug-likeness (QED) is 0.136. The van der Waals surface area contributed by atoms with Crippen molar-refractivity contribution in [2.75, 3.05) is 27.2 Å². The van der Waals surface area contributed by atoms with Crippen LogP contribution in [0.2, 0.25) is 0 Å². The Morgan fingerprint density at radius 1 is 0.816 bits per heavy atom. The van der Waals surface area contributed by atoms with Crippen molar-refractivity contribution in [2.24, 2.45) is 0 Å². The minimum Gasteiger partial charge on any atom is -0.469 e. The van der Waals surface area contributed by atoms with Crippen LogP contribution in [0.3, 0.4) is 0 Å². The number of H-pyrrole nitrogens is 2. The summed E-state index contributed by atoms with van der Waals surface area (Å²) in [5.41, 5.74) is 12.7. The summed E-state index contributed by atoms with van der Waals surface area (Å²) >= 11 is 6.34. The largest absolute Gasteiger partial charge is 0.469 e. The second-order valence-electron chi connectivity index (χ2n) is 12.7. The first-order chi connectivity index (χ1) is 23.4. The number of allylic oxidation sites excluding steroid dienone is 1. The van der Waals surface area contributed by atoms with Gasteiger partial charge in [-0.1, -0.05) is 13.8 Å². The fraction of sp³-hybridized carbons (Fsp3) is 0.447. The van der Waals surface area contributed by atoms with E-state index in [2.05, 4.69) is 43.7 Å². The average Bonchev–Trinajstić information content (AvgIpc) is 3.78. The van der Waals surface area contributed by atoms with E-state index in [1.807, 2.05) is 19.9 Å². The van der Waals surface area contributed by atoms with Gasteiger partial charge in [0.15, 0.2) is 0 Å². The molecule has 3 aromatic heterocycles. The maximum absolute atomic E-state index is 13.5. The third-order valence-corrected chi connectivity index (χ3v) is 10.4. The number of nitrogens with zero attached hydrogens (tertiary/aromatic N) is 2. The highest BCUT2D eigenvalue weighted by molar-refractivity contribution is 6.25. The van der Waals surface area contributed by atoms with E-state index in [-0.39, 0.29) is 36.2 Å². The lowest BCUT2D eigenvalue weighted by Gasteiger charge is -2.19. The van der Waals surface area contributed by atoms with Gasteiger partial charge in [-0.05, 0) is 92.5 Å². The van der Waals surface area contributed by atoms with E-state index in [0.717, 1.165) is 62.0 Å². The van der Waals surface area contributed by atoms with E-state index < -0.39 is 11.9 Å². The van der Waals surface area contributed by atoms with Gasteiger partial charge in [0.25, 0.3) is 0 Å². The van der Waals surface area contributed by atoms with Crippen molar-refractivity contribution in [1.29, 1.82) is 0 Å². The lowest BCUT2D eigenvalue weighted by molar-refractivity contribution is -0.141. The SMILES string of the molecule is CCc1c(C)c2cc3[nH]c(c(C)c4nc(c(CC(=O)OC)c5nc(cc1[nH]2)C(C)=C5C(=O)OC)[C@@H](CCC(=O)OC)[C@@H]4C)c(C)c3CCCl. The zero-order chi connectivity index (χ0) is 35.7. The van der Waals surface area contributed by atoms with Crippen LogP contribution in [0.5, 0.6) is 0 Å². The van der Waals surface area contributed by atoms with E-state index in [1.165, 1.54) is 21.3 Å². The predicted molar refractivity (Wildman–Crippen MR) is 192 cm³/mol. The van der Waals surface area contributed by atoms with Crippen LogP contribution in [0.1, 0.15) is 102 Å². The van der Waals surface area contributed by atoms with Gasteiger partial charge in [-0.2, -0.15) is 0 Å². The molecule has 0 radical (unpaired) electrons. The van der Waals surface area contributed by atoms with Crippen molar-refractivity contribution in [3.63, 3.8) is 0 Å². The fourth-order valence-corrected chi connectivity index (χ4v) is 7.58. The molecule has 0 saturated heterocycles. The predicted octanol–water partition coefficient (Wildman–Crippen LogP) is 7.24. The van der Waals surface area contributed by atoms with Gasteiger partial charge in [0, 0.05) is 57.5 Å². The van der Waals surface area contributed by atoms with Crippen molar-refractivity contribution in [3.05, 3.63) is 68.3 Å². The van der Waals surface area contributed by atoms with Gasteiger partial charge in [-0.3, -0.25) is 14.6 Å². The number of aromatic amines is 2. The Kier molecular flexibility index (Phi) is 10.7. The third kappa shape index (κ3) is 6.50. The summed E-state index contributed by atoms with van der Waals surface area (Å²) in [5, 5.41) is 0. The van der Waals surface area contributed by atoms with Crippen molar-refractivity contribution in [3.8, 4) is 0 Å². The Balaban J connectivity index is 2.05. The Morgan fingerprint density at radius 3 is 2.14 bits per heavy atom. The van der Waals surface area contributed by atoms with Crippen LogP contribution in [0, 0.1) is 20.8 Å². The number of halogens is 1. The van der Waals surface area contributed by atoms with Crippen molar-refractivity contribution in [2.45, 2.75) is 85.5 Å². The normalized spacial score (nSPS) is 15.8. The summed E-state index contributed by atoms with van der Waals surface area (Å²) in [6.07, 6.45) is 1.81.